The molecule has 0 heterocycles. The van der Waals surface area contributed by atoms with Crippen LogP contribution in [-0.4, -0.2) is 17.5 Å². The van der Waals surface area contributed by atoms with Crippen LogP contribution in [0.2, 0.25) is 0 Å². The molecule has 0 saturated carbocycles. The van der Waals surface area contributed by atoms with Gasteiger partial charge in [-0.3, -0.25) is 9.59 Å². The largest absolute Gasteiger partial charge is 0.545 e. The third-order valence-corrected chi connectivity index (χ3v) is 3.18. The van der Waals surface area contributed by atoms with Gasteiger partial charge in [0, 0.05) is 22.1 Å². The average molecular weight is 239 g/mol. The van der Waals surface area contributed by atoms with Crippen molar-refractivity contribution in [1.29, 1.82) is 0 Å². The normalized spacial score (nSPS) is 14.0. The first-order chi connectivity index (χ1) is 8.59. The third-order valence-electron chi connectivity index (χ3n) is 3.18. The molecule has 0 spiro atoms. The number of hydrogen-bond donors (Lipinski definition) is 0. The van der Waals surface area contributed by atoms with E-state index in [1.165, 1.54) is 12.1 Å². The van der Waals surface area contributed by atoms with E-state index in [9.17, 15) is 19.5 Å². The first-order valence-electron chi connectivity index (χ1n) is 5.43. The van der Waals surface area contributed by atoms with Crippen LogP contribution in [0.15, 0.2) is 30.3 Å². The molecule has 0 unspecified atom stereocenters. The van der Waals surface area contributed by atoms with Crippen molar-refractivity contribution in [3.8, 4) is 0 Å². The maximum atomic E-state index is 11.8. The van der Waals surface area contributed by atoms with Crippen LogP contribution in [0.25, 0.3) is 10.8 Å². The van der Waals surface area contributed by atoms with Gasteiger partial charge in [0.2, 0.25) is 0 Å². The van der Waals surface area contributed by atoms with Crippen LogP contribution in [0.4, 0.5) is 0 Å². The Labute approximate surface area is 102 Å². The van der Waals surface area contributed by atoms with E-state index in [2.05, 4.69) is 0 Å². The topological polar surface area (TPSA) is 74.3 Å². The second-order valence-corrected chi connectivity index (χ2v) is 4.20. The lowest BCUT2D eigenvalue weighted by Crippen LogP contribution is -2.24. The van der Waals surface area contributed by atoms with Crippen molar-refractivity contribution < 1.29 is 19.5 Å². The summed E-state index contributed by atoms with van der Waals surface area (Å²) in [7, 11) is 0. The fourth-order valence-corrected chi connectivity index (χ4v) is 2.39. The van der Waals surface area contributed by atoms with Crippen molar-refractivity contribution in [2.24, 2.45) is 0 Å². The van der Waals surface area contributed by atoms with E-state index < -0.39 is 5.97 Å². The van der Waals surface area contributed by atoms with Crippen LogP contribution in [0.3, 0.4) is 0 Å². The molecule has 0 bridgehead atoms. The summed E-state index contributed by atoms with van der Waals surface area (Å²) in [6, 6.07) is 7.61. The van der Waals surface area contributed by atoms with Gasteiger partial charge in [-0.1, -0.05) is 30.3 Å². The molecule has 0 N–H and O–H groups in total. The van der Waals surface area contributed by atoms with Crippen LogP contribution in [-0.2, 0) is 0 Å². The van der Waals surface area contributed by atoms with E-state index in [0.717, 1.165) is 0 Å². The van der Waals surface area contributed by atoms with E-state index in [0.29, 0.717) is 21.9 Å². The van der Waals surface area contributed by atoms with Gasteiger partial charge in [-0.25, -0.2) is 0 Å². The maximum Gasteiger partial charge on any atom is 0.171 e. The van der Waals surface area contributed by atoms with Crippen molar-refractivity contribution >= 4 is 28.3 Å². The predicted molar refractivity (Wildman–Crippen MR) is 61.6 cm³/mol. The summed E-state index contributed by atoms with van der Waals surface area (Å²) in [6.45, 7) is 0. The van der Waals surface area contributed by atoms with Gasteiger partial charge in [0.15, 0.2) is 11.6 Å². The molecule has 4 nitrogen and oxygen atoms in total. The van der Waals surface area contributed by atoms with Crippen molar-refractivity contribution in [2.45, 2.75) is 6.42 Å². The minimum atomic E-state index is -1.32. The zero-order valence-electron chi connectivity index (χ0n) is 9.23. The fourth-order valence-electron chi connectivity index (χ4n) is 2.39. The molecule has 1 aliphatic rings. The lowest BCUT2D eigenvalue weighted by molar-refractivity contribution is -0.254. The van der Waals surface area contributed by atoms with Crippen molar-refractivity contribution in [3.05, 3.63) is 47.0 Å². The molecule has 0 fully saturated rings. The number of aromatic carboxylic acids is 1. The van der Waals surface area contributed by atoms with Gasteiger partial charge in [0.1, 0.15) is 0 Å². The SMILES string of the molecule is O=C([O-])c1ccc2c3c(cccc13)C(=O)CC2=O. The van der Waals surface area contributed by atoms with Crippen molar-refractivity contribution in [1.82, 2.24) is 0 Å². The highest BCUT2D eigenvalue weighted by atomic mass is 16.4. The number of carbonyl (C=O) groups is 3. The second kappa shape index (κ2) is 3.50. The number of carboxylic acid groups (broad SMARTS) is 1. The minimum absolute atomic E-state index is 0.00176. The molecular formula is C14H7O4-. The molecule has 3 rings (SSSR count). The van der Waals surface area contributed by atoms with Crippen LogP contribution >= 0.6 is 0 Å². The summed E-state index contributed by atoms with van der Waals surface area (Å²) in [5.41, 5.74) is 0.813. The molecule has 88 valence electrons. The van der Waals surface area contributed by atoms with Gasteiger partial charge >= 0.3 is 0 Å². The highest BCUT2D eigenvalue weighted by Crippen LogP contribution is 2.31. The summed E-state index contributed by atoms with van der Waals surface area (Å²) < 4.78 is 0. The Morgan fingerprint density at radius 1 is 1.00 bits per heavy atom. The first-order valence-corrected chi connectivity index (χ1v) is 5.43. The van der Waals surface area contributed by atoms with Crippen molar-refractivity contribution in [2.75, 3.05) is 0 Å². The van der Waals surface area contributed by atoms with Gasteiger partial charge in [-0.2, -0.15) is 0 Å². The number of rotatable bonds is 1. The number of hydrogen-bond acceptors (Lipinski definition) is 4. The molecule has 0 amide bonds. The Balaban J connectivity index is 2.53. The molecule has 18 heavy (non-hydrogen) atoms. The molecule has 0 aliphatic heterocycles. The highest BCUT2D eigenvalue weighted by molar-refractivity contribution is 6.29. The summed E-state index contributed by atoms with van der Waals surface area (Å²) in [4.78, 5) is 34.6. The maximum absolute atomic E-state index is 11.8. The molecule has 0 aromatic heterocycles. The predicted octanol–water partition coefficient (Wildman–Crippen LogP) is 0.972. The molecular weight excluding hydrogens is 232 g/mol. The molecule has 2 aromatic carbocycles. The highest BCUT2D eigenvalue weighted by Gasteiger charge is 2.25. The molecule has 1 aliphatic carbocycles. The van der Waals surface area contributed by atoms with Gasteiger partial charge < -0.3 is 9.90 Å². The van der Waals surface area contributed by atoms with Crippen LogP contribution in [0.5, 0.6) is 0 Å². The van der Waals surface area contributed by atoms with Gasteiger partial charge in [0.05, 0.1) is 12.4 Å². The van der Waals surface area contributed by atoms with Crippen LogP contribution in [0.1, 0.15) is 37.5 Å². The van der Waals surface area contributed by atoms with Crippen molar-refractivity contribution in [3.63, 3.8) is 0 Å². The zero-order chi connectivity index (χ0) is 12.9. The second-order valence-electron chi connectivity index (χ2n) is 4.20. The standard InChI is InChI=1S/C14H8O4/c15-11-6-12(16)10-5-4-8(14(17)18)7-2-1-3-9(11)13(7)10/h1-5H,6H2,(H,17,18)/p-1. The van der Waals surface area contributed by atoms with E-state index in [4.69, 9.17) is 0 Å². The van der Waals surface area contributed by atoms with Crippen LogP contribution < -0.4 is 5.11 Å². The van der Waals surface area contributed by atoms with E-state index >= 15 is 0 Å². The molecule has 0 atom stereocenters. The van der Waals surface area contributed by atoms with Gasteiger partial charge in [-0.15, -0.1) is 0 Å². The van der Waals surface area contributed by atoms with Gasteiger partial charge in [0.25, 0.3) is 0 Å². The van der Waals surface area contributed by atoms with Gasteiger partial charge in [-0.05, 0) is 5.39 Å². The number of carboxylic acids is 1. The van der Waals surface area contributed by atoms with Crippen LogP contribution in [0, 0.1) is 0 Å². The Morgan fingerprint density at radius 3 is 2.33 bits per heavy atom. The zero-order valence-corrected chi connectivity index (χ0v) is 9.23. The first kappa shape index (κ1) is 10.7. The quantitative estimate of drug-likeness (QED) is 0.695. The summed E-state index contributed by atoms with van der Waals surface area (Å²) in [5, 5.41) is 11.8. The lowest BCUT2D eigenvalue weighted by atomic mass is 9.85. The average Bonchev–Trinajstić information content (AvgIpc) is 2.34. The number of carbonyl (C=O) groups excluding carboxylic acids is 3. The monoisotopic (exact) mass is 239 g/mol. The number of Topliss-reactive ketones (excluding diaryl/α,β-unsaturated/α-hetero) is 2. The Hall–Kier alpha value is -2.49. The Kier molecular flexibility index (Phi) is 2.07. The smallest absolute Gasteiger partial charge is 0.171 e. The summed E-state index contributed by atoms with van der Waals surface area (Å²) in [6.07, 6.45) is -0.156. The Morgan fingerprint density at radius 2 is 1.67 bits per heavy atom. The molecule has 4 heteroatoms. The minimum Gasteiger partial charge on any atom is -0.545 e. The molecule has 0 radical (unpaired) electrons. The number of benzene rings is 2. The summed E-state index contributed by atoms with van der Waals surface area (Å²) >= 11 is 0. The van der Waals surface area contributed by atoms with E-state index in [-0.39, 0.29) is 23.6 Å². The number of ketones is 2. The Bertz CT molecular complexity index is 708. The molecule has 2 aromatic rings. The molecule has 0 saturated heterocycles. The van der Waals surface area contributed by atoms with E-state index in [1.54, 1.807) is 18.2 Å². The lowest BCUT2D eigenvalue weighted by Gasteiger charge is -2.17. The summed E-state index contributed by atoms with van der Waals surface area (Å²) in [5.74, 6) is -1.86. The van der Waals surface area contributed by atoms with E-state index in [1.807, 2.05) is 0 Å². The fraction of sp³-hybridized carbons (Fsp3) is 0.0714. The third kappa shape index (κ3) is 1.29.